The van der Waals surface area contributed by atoms with Gasteiger partial charge in [-0.05, 0) is 108 Å². The van der Waals surface area contributed by atoms with Crippen LogP contribution in [0.1, 0.15) is 18.6 Å². The molecule has 0 saturated heterocycles. The summed E-state index contributed by atoms with van der Waals surface area (Å²) in [6.07, 6.45) is 0. The van der Waals surface area contributed by atoms with E-state index >= 15 is 0 Å². The van der Waals surface area contributed by atoms with E-state index in [2.05, 4.69) is 79.1 Å². The van der Waals surface area contributed by atoms with E-state index in [1.165, 1.54) is 38.6 Å². The van der Waals surface area contributed by atoms with E-state index in [-0.39, 0.29) is 13.2 Å². The molecule has 3 nitrogen and oxygen atoms in total. The summed E-state index contributed by atoms with van der Waals surface area (Å²) in [4.78, 5) is 0. The molecule has 0 fully saturated rings. The van der Waals surface area contributed by atoms with Crippen LogP contribution in [0.3, 0.4) is 0 Å². The van der Waals surface area contributed by atoms with E-state index in [1.54, 1.807) is 31.3 Å². The van der Waals surface area contributed by atoms with Gasteiger partial charge in [-0.3, -0.25) is 4.74 Å². The van der Waals surface area contributed by atoms with Gasteiger partial charge in [-0.1, -0.05) is 86.3 Å². The van der Waals surface area contributed by atoms with Gasteiger partial charge in [0.05, 0.1) is 4.47 Å². The maximum Gasteiger partial charge on any atom is 0.138 e. The first kappa shape index (κ1) is 32.5. The van der Waals surface area contributed by atoms with E-state index in [0.29, 0.717) is 10.2 Å². The molecule has 0 saturated carbocycles. The second kappa shape index (κ2) is 15.3. The van der Waals surface area contributed by atoms with E-state index in [1.807, 2.05) is 49.4 Å². The lowest BCUT2D eigenvalue weighted by Crippen LogP contribution is -1.78. The number of hydrogen-bond donors (Lipinski definition) is 1. The van der Waals surface area contributed by atoms with Crippen molar-refractivity contribution in [2.24, 2.45) is 4.74 Å². The van der Waals surface area contributed by atoms with Crippen molar-refractivity contribution in [2.75, 3.05) is 7.05 Å². The maximum atomic E-state index is 12.3. The molecule has 1 N–H and O–H groups in total. The summed E-state index contributed by atoms with van der Waals surface area (Å²) in [5, 5.41) is 16.7. The fourth-order valence-electron chi connectivity index (χ4n) is 4.52. The molecule has 6 aromatic carbocycles. The van der Waals surface area contributed by atoms with Gasteiger partial charge in [0.15, 0.2) is 0 Å². The number of halogens is 2. The Bertz CT molecular complexity index is 1890. The van der Waals surface area contributed by atoms with Crippen molar-refractivity contribution >= 4 is 68.4 Å². The maximum absolute atomic E-state index is 12.3. The summed E-state index contributed by atoms with van der Waals surface area (Å²) in [6, 6.07) is 37.2. The van der Waals surface area contributed by atoms with Crippen LogP contribution in [0.2, 0.25) is 0 Å². The number of phenols is 1. The first-order chi connectivity index (χ1) is 19.8. The van der Waals surface area contributed by atoms with Crippen molar-refractivity contribution in [2.45, 2.75) is 21.3 Å². The summed E-state index contributed by atoms with van der Waals surface area (Å²) in [6.45, 7) is 4.01. The number of rotatable bonds is 0. The SMILES string of the molecule is C.CN=P.Cc1cc2ccccc2c2c1oc1ccccc12.Cc1cc2ccccc2cc1O.Fc1ccccc1Br. The second-order valence-corrected chi connectivity index (χ2v) is 10.6. The van der Waals surface area contributed by atoms with Gasteiger partial charge in [0.1, 0.15) is 22.7 Å². The van der Waals surface area contributed by atoms with E-state index < -0.39 is 0 Å². The van der Waals surface area contributed by atoms with E-state index in [9.17, 15) is 9.50 Å². The fourth-order valence-corrected chi connectivity index (χ4v) is 4.81. The zero-order chi connectivity index (χ0) is 29.4. The van der Waals surface area contributed by atoms with Gasteiger partial charge < -0.3 is 9.52 Å². The number of nitrogens with zero attached hydrogens (tertiary/aromatic N) is 1. The van der Waals surface area contributed by atoms with Crippen LogP contribution in [-0.2, 0) is 0 Å². The number of hydrogen-bond acceptors (Lipinski definition) is 3. The summed E-state index contributed by atoms with van der Waals surface area (Å²) in [7, 11) is 4.47. The summed E-state index contributed by atoms with van der Waals surface area (Å²) in [5.41, 5.74) is 4.09. The normalized spacial score (nSPS) is 10.0. The van der Waals surface area contributed by atoms with Crippen LogP contribution in [0.25, 0.3) is 43.5 Å². The van der Waals surface area contributed by atoms with Gasteiger partial charge in [-0.2, -0.15) is 0 Å². The monoisotopic (exact) mass is 641 g/mol. The molecule has 6 heteroatoms. The molecule has 0 spiro atoms. The standard InChI is InChI=1S/C17H12O.C11H10O.C6H4BrF.CH4NP.CH4/c1-11-10-12-6-2-3-7-13(12)16-14-8-4-5-9-15(14)18-17(11)16;1-8-6-9-4-2-3-5-10(9)7-11(8)12;7-5-3-1-2-4-6(5)8;1-2-3;/h2-10H,1H3;2-7,12H,1H3;1-4H;3H,1H3;1H4. The van der Waals surface area contributed by atoms with Gasteiger partial charge in [0, 0.05) is 17.8 Å². The minimum absolute atomic E-state index is 0. The van der Waals surface area contributed by atoms with Crippen LogP contribution in [-0.4, -0.2) is 12.2 Å². The zero-order valence-electron chi connectivity index (χ0n) is 23.0. The predicted octanol–water partition coefficient (Wildman–Crippen LogP) is 12.1. The van der Waals surface area contributed by atoms with E-state index in [4.69, 9.17) is 4.42 Å². The van der Waals surface area contributed by atoms with Gasteiger partial charge in [-0.15, -0.1) is 0 Å². The molecule has 214 valence electrons. The van der Waals surface area contributed by atoms with Crippen LogP contribution < -0.4 is 0 Å². The van der Waals surface area contributed by atoms with Gasteiger partial charge in [-0.25, -0.2) is 4.39 Å². The summed E-state index contributed by atoms with van der Waals surface area (Å²) in [5.74, 6) is 0.154. The molecular weight excluding hydrogens is 608 g/mol. The highest BCUT2D eigenvalue weighted by atomic mass is 79.9. The molecule has 0 atom stereocenters. The summed E-state index contributed by atoms with van der Waals surface area (Å²) < 4.78 is 22.1. The molecule has 0 aliphatic heterocycles. The minimum atomic E-state index is -0.215. The Balaban J connectivity index is 0.000000175. The highest BCUT2D eigenvalue weighted by Gasteiger charge is 2.11. The molecule has 7 aromatic rings. The molecule has 0 aliphatic carbocycles. The molecule has 0 amide bonds. The number of para-hydroxylation sites is 1. The number of fused-ring (bicyclic) bond motifs is 6. The van der Waals surface area contributed by atoms with Crippen LogP contribution in [0, 0.1) is 19.7 Å². The van der Waals surface area contributed by atoms with Crippen LogP contribution in [0.15, 0.2) is 129 Å². The number of aryl methyl sites for hydroxylation is 2. The average Bonchev–Trinajstić information content (AvgIpc) is 3.37. The Hall–Kier alpha value is -4.05. The lowest BCUT2D eigenvalue weighted by molar-refractivity contribution is 0.472. The number of benzene rings is 6. The Morgan fingerprint density at radius 3 is 1.83 bits per heavy atom. The Morgan fingerprint density at radius 1 is 0.714 bits per heavy atom. The molecule has 7 rings (SSSR count). The molecule has 1 aromatic heterocycles. The number of aromatic hydroxyl groups is 1. The van der Waals surface area contributed by atoms with Crippen molar-refractivity contribution in [3.63, 3.8) is 0 Å². The number of phenolic OH excluding ortho intramolecular Hbond substituents is 1. The Kier molecular flexibility index (Phi) is 11.8. The van der Waals surface area contributed by atoms with Crippen molar-refractivity contribution in [1.82, 2.24) is 0 Å². The van der Waals surface area contributed by atoms with Crippen molar-refractivity contribution in [3.05, 3.63) is 137 Å². The second-order valence-electron chi connectivity index (χ2n) is 9.34. The van der Waals surface area contributed by atoms with Crippen LogP contribution in [0.5, 0.6) is 5.75 Å². The predicted molar refractivity (Wildman–Crippen MR) is 184 cm³/mol. The molecule has 1 heterocycles. The molecule has 42 heavy (non-hydrogen) atoms. The van der Waals surface area contributed by atoms with Gasteiger partial charge in [0.2, 0.25) is 0 Å². The van der Waals surface area contributed by atoms with Crippen LogP contribution in [0.4, 0.5) is 4.39 Å². The summed E-state index contributed by atoms with van der Waals surface area (Å²) >= 11 is 3.02. The smallest absolute Gasteiger partial charge is 0.138 e. The lowest BCUT2D eigenvalue weighted by Gasteiger charge is -2.01. The third kappa shape index (κ3) is 7.61. The van der Waals surface area contributed by atoms with E-state index in [0.717, 1.165) is 22.1 Å². The van der Waals surface area contributed by atoms with Crippen molar-refractivity contribution in [3.8, 4) is 5.75 Å². The molecule has 0 bridgehead atoms. The zero-order valence-corrected chi connectivity index (χ0v) is 25.6. The molecular formula is C36H34BrFNO2P. The van der Waals surface area contributed by atoms with Gasteiger partial charge >= 0.3 is 0 Å². The quantitative estimate of drug-likeness (QED) is 0.167. The third-order valence-electron chi connectivity index (χ3n) is 6.44. The first-order valence-corrected chi connectivity index (χ1v) is 14.2. The fraction of sp³-hybridized carbons (Fsp3) is 0.111. The molecule has 0 aliphatic rings. The van der Waals surface area contributed by atoms with Crippen molar-refractivity contribution in [1.29, 1.82) is 0 Å². The Morgan fingerprint density at radius 2 is 1.21 bits per heavy atom. The highest BCUT2D eigenvalue weighted by molar-refractivity contribution is 9.10. The number of furan rings is 1. The topological polar surface area (TPSA) is 45.7 Å². The third-order valence-corrected chi connectivity index (χ3v) is 7.09. The van der Waals surface area contributed by atoms with Crippen LogP contribution >= 0.6 is 25.0 Å². The largest absolute Gasteiger partial charge is 0.508 e. The Labute approximate surface area is 257 Å². The first-order valence-electron chi connectivity index (χ1n) is 13.0. The molecule has 0 unspecified atom stereocenters. The average molecular weight is 643 g/mol. The highest BCUT2D eigenvalue weighted by Crippen LogP contribution is 2.36. The van der Waals surface area contributed by atoms with Gasteiger partial charge in [0.25, 0.3) is 0 Å². The minimum Gasteiger partial charge on any atom is -0.508 e. The molecule has 0 radical (unpaired) electrons. The van der Waals surface area contributed by atoms with Crippen molar-refractivity contribution < 1.29 is 13.9 Å². The lowest BCUT2D eigenvalue weighted by atomic mass is 10.0.